The van der Waals surface area contributed by atoms with E-state index in [1.807, 2.05) is 13.0 Å². The predicted octanol–water partition coefficient (Wildman–Crippen LogP) is 3.33. The number of hydrogen-bond donors (Lipinski definition) is 2. The van der Waals surface area contributed by atoms with E-state index in [2.05, 4.69) is 5.32 Å². The fourth-order valence-corrected chi connectivity index (χ4v) is 3.20. The number of nitrogens with one attached hydrogen (secondary N) is 1. The van der Waals surface area contributed by atoms with Crippen LogP contribution in [0.5, 0.6) is 11.5 Å². The summed E-state index contributed by atoms with van der Waals surface area (Å²) in [7, 11) is -2.38. The number of halogens is 1. The van der Waals surface area contributed by atoms with Crippen molar-refractivity contribution >= 4 is 39.3 Å². The highest BCUT2D eigenvalue weighted by molar-refractivity contribution is 7.89. The molecule has 10 heteroatoms. The van der Waals surface area contributed by atoms with Crippen molar-refractivity contribution in [2.75, 3.05) is 19.0 Å². The largest absolute Gasteiger partial charge is 0.493 e. The summed E-state index contributed by atoms with van der Waals surface area (Å²) in [4.78, 5) is 12.3. The molecule has 30 heavy (non-hydrogen) atoms. The lowest BCUT2D eigenvalue weighted by atomic mass is 10.1. The Morgan fingerprint density at radius 1 is 1.30 bits per heavy atom. The minimum atomic E-state index is -3.84. The second-order valence-corrected chi connectivity index (χ2v) is 8.04. The van der Waals surface area contributed by atoms with Crippen LogP contribution in [-0.2, 0) is 14.8 Å². The van der Waals surface area contributed by atoms with E-state index in [-0.39, 0.29) is 15.5 Å². The van der Waals surface area contributed by atoms with Crippen LogP contribution in [0.3, 0.4) is 0 Å². The Morgan fingerprint density at radius 3 is 2.50 bits per heavy atom. The molecule has 0 aromatic heterocycles. The average Bonchev–Trinajstić information content (AvgIpc) is 2.70. The van der Waals surface area contributed by atoms with Gasteiger partial charge in [-0.25, -0.2) is 13.6 Å². The fraction of sp³-hybridized carbons (Fsp3) is 0.200. The molecule has 0 heterocycles. The quantitative estimate of drug-likeness (QED) is 0.469. The molecule has 0 unspecified atom stereocenters. The van der Waals surface area contributed by atoms with E-state index in [9.17, 15) is 18.5 Å². The van der Waals surface area contributed by atoms with Crippen molar-refractivity contribution in [1.29, 1.82) is 5.26 Å². The van der Waals surface area contributed by atoms with Gasteiger partial charge in [0.05, 0.1) is 23.6 Å². The number of nitrogens with zero attached hydrogens (tertiary/aromatic N) is 1. The predicted molar refractivity (Wildman–Crippen MR) is 114 cm³/mol. The van der Waals surface area contributed by atoms with Crippen LogP contribution in [-0.4, -0.2) is 28.0 Å². The highest BCUT2D eigenvalue weighted by Gasteiger charge is 2.15. The maximum Gasteiger partial charge on any atom is 0.266 e. The molecule has 158 valence electrons. The molecule has 0 aliphatic rings. The Morgan fingerprint density at radius 2 is 1.97 bits per heavy atom. The molecular formula is C20H20ClN3O5S. The molecule has 0 aliphatic heterocycles. The van der Waals surface area contributed by atoms with Crippen molar-refractivity contribution in [2.45, 2.75) is 18.2 Å². The molecule has 2 aromatic rings. The summed E-state index contributed by atoms with van der Waals surface area (Å²) < 4.78 is 33.5. The second-order valence-electron chi connectivity index (χ2n) is 6.08. The van der Waals surface area contributed by atoms with Gasteiger partial charge in [-0.05, 0) is 54.5 Å². The number of methoxy groups -OCH3 is 1. The number of hydrogen-bond acceptors (Lipinski definition) is 6. The third-order valence-corrected chi connectivity index (χ3v) is 5.03. The smallest absolute Gasteiger partial charge is 0.266 e. The average molecular weight is 450 g/mol. The maximum absolute atomic E-state index is 12.4. The minimum absolute atomic E-state index is 0.0938. The first-order valence-corrected chi connectivity index (χ1v) is 10.7. The molecule has 0 fully saturated rings. The lowest BCUT2D eigenvalue weighted by Gasteiger charge is -2.13. The van der Waals surface area contributed by atoms with Crippen LogP contribution in [0.1, 0.15) is 18.9 Å². The number of ether oxygens (including phenoxy) is 2. The molecule has 2 rings (SSSR count). The van der Waals surface area contributed by atoms with E-state index in [0.29, 0.717) is 29.4 Å². The van der Waals surface area contributed by atoms with E-state index < -0.39 is 15.9 Å². The first-order chi connectivity index (χ1) is 14.2. The molecule has 3 N–H and O–H groups in total. The molecular weight excluding hydrogens is 430 g/mol. The lowest BCUT2D eigenvalue weighted by Crippen LogP contribution is -2.14. The Hall–Kier alpha value is -3.06. The van der Waals surface area contributed by atoms with Gasteiger partial charge in [0.1, 0.15) is 11.6 Å². The Kier molecular flexibility index (Phi) is 7.83. The number of carbonyl (C=O) groups is 1. The molecule has 0 aliphatic carbocycles. The molecule has 0 radical (unpaired) electrons. The summed E-state index contributed by atoms with van der Waals surface area (Å²) in [5.74, 6) is 0.0804. The van der Waals surface area contributed by atoms with Crippen molar-refractivity contribution < 1.29 is 22.7 Å². The normalized spacial score (nSPS) is 11.5. The van der Waals surface area contributed by atoms with E-state index in [0.717, 1.165) is 6.42 Å². The van der Waals surface area contributed by atoms with Gasteiger partial charge in [-0.1, -0.05) is 18.5 Å². The molecule has 0 saturated heterocycles. The van der Waals surface area contributed by atoms with E-state index in [1.165, 1.54) is 37.5 Å². The summed E-state index contributed by atoms with van der Waals surface area (Å²) in [6, 6.07) is 10.2. The standard InChI is InChI=1S/C20H20ClN3O5S/c1-3-8-29-19-17(21)10-13(11-18(19)28-2)9-14(12-22)20(25)24-15-4-6-16(7-5-15)30(23,26)27/h4-7,9-11H,3,8H2,1-2H3,(H,24,25)(H2,23,26,27)/b14-9+. The number of nitrogens with two attached hydrogens (primary N) is 1. The number of rotatable bonds is 8. The van der Waals surface area contributed by atoms with Crippen molar-refractivity contribution in [3.63, 3.8) is 0 Å². The van der Waals surface area contributed by atoms with Crippen LogP contribution in [0.4, 0.5) is 5.69 Å². The van der Waals surface area contributed by atoms with Crippen molar-refractivity contribution in [3.05, 3.63) is 52.6 Å². The van der Waals surface area contributed by atoms with Gasteiger partial charge in [0, 0.05) is 5.69 Å². The third-order valence-electron chi connectivity index (χ3n) is 3.82. The van der Waals surface area contributed by atoms with Crippen LogP contribution in [0.2, 0.25) is 5.02 Å². The molecule has 0 spiro atoms. The van der Waals surface area contributed by atoms with Crippen LogP contribution >= 0.6 is 11.6 Å². The van der Waals surface area contributed by atoms with Crippen LogP contribution in [0, 0.1) is 11.3 Å². The maximum atomic E-state index is 12.4. The first kappa shape index (κ1) is 23.2. The highest BCUT2D eigenvalue weighted by atomic mass is 35.5. The summed E-state index contributed by atoms with van der Waals surface area (Å²) >= 11 is 6.26. The summed E-state index contributed by atoms with van der Waals surface area (Å²) in [5.41, 5.74) is 0.579. The van der Waals surface area contributed by atoms with Gasteiger partial charge in [0.25, 0.3) is 5.91 Å². The van der Waals surface area contributed by atoms with Gasteiger partial charge in [0.15, 0.2) is 11.5 Å². The lowest BCUT2D eigenvalue weighted by molar-refractivity contribution is -0.112. The zero-order valence-corrected chi connectivity index (χ0v) is 17.9. The second kappa shape index (κ2) is 10.1. The van der Waals surface area contributed by atoms with Gasteiger partial charge in [-0.3, -0.25) is 4.79 Å². The fourth-order valence-electron chi connectivity index (χ4n) is 2.41. The number of nitriles is 1. The van der Waals surface area contributed by atoms with Crippen LogP contribution in [0.25, 0.3) is 6.08 Å². The Bertz CT molecular complexity index is 1110. The van der Waals surface area contributed by atoms with Gasteiger partial charge in [-0.15, -0.1) is 0 Å². The number of sulfonamides is 1. The first-order valence-electron chi connectivity index (χ1n) is 8.76. The van der Waals surface area contributed by atoms with Gasteiger partial charge < -0.3 is 14.8 Å². The number of carbonyl (C=O) groups excluding carboxylic acids is 1. The SMILES string of the molecule is CCCOc1c(Cl)cc(/C=C(\C#N)C(=O)Nc2ccc(S(N)(=O)=O)cc2)cc1OC. The molecule has 0 saturated carbocycles. The van der Waals surface area contributed by atoms with Gasteiger partial charge in [0.2, 0.25) is 10.0 Å². The molecule has 8 nitrogen and oxygen atoms in total. The zero-order chi connectivity index (χ0) is 22.3. The van der Waals surface area contributed by atoms with Crippen LogP contribution in [0.15, 0.2) is 46.9 Å². The molecule has 2 aromatic carbocycles. The summed E-state index contributed by atoms with van der Waals surface area (Å²) in [6.07, 6.45) is 2.14. The molecule has 0 bridgehead atoms. The summed E-state index contributed by atoms with van der Waals surface area (Å²) in [5, 5.41) is 17.2. The number of anilines is 1. The summed E-state index contributed by atoms with van der Waals surface area (Å²) in [6.45, 7) is 2.42. The topological polar surface area (TPSA) is 132 Å². The van der Waals surface area contributed by atoms with Crippen molar-refractivity contribution in [3.8, 4) is 17.6 Å². The van der Waals surface area contributed by atoms with Gasteiger partial charge in [-0.2, -0.15) is 5.26 Å². The van der Waals surface area contributed by atoms with E-state index in [4.69, 9.17) is 26.2 Å². The number of primary sulfonamides is 1. The van der Waals surface area contributed by atoms with E-state index >= 15 is 0 Å². The number of amides is 1. The molecule has 0 atom stereocenters. The highest BCUT2D eigenvalue weighted by Crippen LogP contribution is 2.37. The molecule has 1 amide bonds. The van der Waals surface area contributed by atoms with Crippen LogP contribution < -0.4 is 19.9 Å². The Labute approximate surface area is 179 Å². The minimum Gasteiger partial charge on any atom is -0.493 e. The number of benzene rings is 2. The van der Waals surface area contributed by atoms with Crippen molar-refractivity contribution in [2.24, 2.45) is 5.14 Å². The van der Waals surface area contributed by atoms with Gasteiger partial charge >= 0.3 is 0 Å². The Balaban J connectivity index is 2.27. The van der Waals surface area contributed by atoms with E-state index in [1.54, 1.807) is 12.1 Å². The van der Waals surface area contributed by atoms with Crippen molar-refractivity contribution in [1.82, 2.24) is 0 Å². The monoisotopic (exact) mass is 449 g/mol. The third kappa shape index (κ3) is 5.97. The zero-order valence-electron chi connectivity index (χ0n) is 16.3.